The van der Waals surface area contributed by atoms with Gasteiger partial charge in [-0.1, -0.05) is 24.3 Å². The van der Waals surface area contributed by atoms with E-state index in [0.717, 1.165) is 48.5 Å². The van der Waals surface area contributed by atoms with Gasteiger partial charge in [-0.3, -0.25) is 0 Å². The van der Waals surface area contributed by atoms with E-state index in [4.69, 9.17) is 4.74 Å². The number of halogens is 8. The summed E-state index contributed by atoms with van der Waals surface area (Å²) in [6.45, 7) is 0. The maximum absolute atomic E-state index is 13.1. The third kappa shape index (κ3) is 4.83. The maximum Gasteiger partial charge on any atom is 0.423 e. The van der Waals surface area contributed by atoms with Crippen molar-refractivity contribution in [3.05, 3.63) is 59.7 Å². The molecule has 0 saturated carbocycles. The molecule has 0 bridgehead atoms. The van der Waals surface area contributed by atoms with Gasteiger partial charge in [0.05, 0.1) is 0 Å². The van der Waals surface area contributed by atoms with Crippen molar-refractivity contribution in [3.63, 3.8) is 0 Å². The van der Waals surface area contributed by atoms with Crippen molar-refractivity contribution in [2.24, 2.45) is 0 Å². The Morgan fingerprint density at radius 3 is 1.08 bits per heavy atom. The van der Waals surface area contributed by atoms with E-state index in [1.165, 1.54) is 0 Å². The summed E-state index contributed by atoms with van der Waals surface area (Å²) < 4.78 is 105. The molecule has 0 fully saturated rings. The number of hydrogen-bond donors (Lipinski definition) is 0. The summed E-state index contributed by atoms with van der Waals surface area (Å²) in [6, 6.07) is 7.83. The lowest BCUT2D eigenvalue weighted by Crippen LogP contribution is -2.16. The van der Waals surface area contributed by atoms with Crippen LogP contribution in [0.5, 0.6) is 11.5 Å². The van der Waals surface area contributed by atoms with E-state index in [1.54, 1.807) is 0 Å². The Morgan fingerprint density at radius 1 is 0.560 bits per heavy atom. The van der Waals surface area contributed by atoms with Crippen LogP contribution < -0.4 is 4.74 Å². The minimum Gasteiger partial charge on any atom is -0.457 e. The summed E-state index contributed by atoms with van der Waals surface area (Å²) in [5.74, 6) is 0.0805. The average Bonchev–Trinajstić information content (AvgIpc) is 2.53. The van der Waals surface area contributed by atoms with E-state index in [2.05, 4.69) is 0 Å². The third-order valence-electron chi connectivity index (χ3n) is 3.16. The second kappa shape index (κ2) is 6.89. The second-order valence-electron chi connectivity index (χ2n) is 5.05. The summed E-state index contributed by atoms with van der Waals surface area (Å²) in [6.07, 6.45) is -16.3. The summed E-state index contributed by atoms with van der Waals surface area (Å²) >= 11 is 0. The highest BCUT2D eigenvalue weighted by molar-refractivity contribution is 5.36. The minimum absolute atomic E-state index is 0.0403. The van der Waals surface area contributed by atoms with E-state index in [-0.39, 0.29) is 11.5 Å². The van der Waals surface area contributed by atoms with Crippen molar-refractivity contribution in [3.8, 4) is 11.5 Å². The quantitative estimate of drug-likeness (QED) is 0.549. The van der Waals surface area contributed by atoms with Crippen molar-refractivity contribution in [1.29, 1.82) is 0 Å². The zero-order chi connectivity index (χ0) is 18.8. The molecule has 25 heavy (non-hydrogen) atoms. The van der Waals surface area contributed by atoms with E-state index in [0.29, 0.717) is 0 Å². The lowest BCUT2D eigenvalue weighted by Gasteiger charge is -2.14. The first-order chi connectivity index (χ1) is 11.5. The van der Waals surface area contributed by atoms with Crippen LogP contribution in [0.15, 0.2) is 48.5 Å². The summed E-state index contributed by atoms with van der Waals surface area (Å²) in [5.41, 5.74) is -1.22. The van der Waals surface area contributed by atoms with E-state index in [1.807, 2.05) is 0 Å². The predicted molar refractivity (Wildman–Crippen MR) is 72.8 cm³/mol. The van der Waals surface area contributed by atoms with Gasteiger partial charge < -0.3 is 4.74 Å². The first kappa shape index (κ1) is 19.0. The Kier molecular flexibility index (Phi) is 5.24. The second-order valence-corrected chi connectivity index (χ2v) is 5.05. The zero-order valence-electron chi connectivity index (χ0n) is 12.2. The van der Waals surface area contributed by atoms with Gasteiger partial charge in [-0.2, -0.15) is 26.3 Å². The Hall–Kier alpha value is -2.32. The fourth-order valence-corrected chi connectivity index (χ4v) is 1.92. The highest BCUT2D eigenvalue weighted by Gasteiger charge is 2.42. The van der Waals surface area contributed by atoms with Gasteiger partial charge in [0.2, 0.25) is 12.3 Å². The summed E-state index contributed by atoms with van der Waals surface area (Å²) in [5, 5.41) is 0. The van der Waals surface area contributed by atoms with Gasteiger partial charge >= 0.3 is 12.4 Å². The highest BCUT2D eigenvalue weighted by atomic mass is 19.4. The third-order valence-corrected chi connectivity index (χ3v) is 3.16. The predicted octanol–water partition coefficient (Wildman–Crippen LogP) is 6.62. The van der Waals surface area contributed by atoms with Crippen molar-refractivity contribution in [2.75, 3.05) is 0 Å². The van der Waals surface area contributed by atoms with E-state index in [9.17, 15) is 35.1 Å². The number of ether oxygens (including phenoxy) is 1. The first-order valence-corrected chi connectivity index (χ1v) is 6.78. The van der Waals surface area contributed by atoms with Gasteiger partial charge in [0.1, 0.15) is 11.5 Å². The molecule has 2 atom stereocenters. The highest BCUT2D eigenvalue weighted by Crippen LogP contribution is 2.38. The summed E-state index contributed by atoms with van der Waals surface area (Å²) in [4.78, 5) is 0. The molecule has 2 unspecified atom stereocenters. The van der Waals surface area contributed by atoms with Crippen molar-refractivity contribution in [2.45, 2.75) is 24.7 Å². The molecule has 1 nitrogen and oxygen atoms in total. The van der Waals surface area contributed by atoms with Gasteiger partial charge in [-0.25, -0.2) is 8.78 Å². The van der Waals surface area contributed by atoms with Gasteiger partial charge in [-0.15, -0.1) is 0 Å². The van der Waals surface area contributed by atoms with Crippen LogP contribution in [0.25, 0.3) is 0 Å². The Balaban J connectivity index is 2.08. The molecule has 0 aliphatic carbocycles. The lowest BCUT2D eigenvalue weighted by molar-refractivity contribution is -0.183. The first-order valence-electron chi connectivity index (χ1n) is 6.78. The summed E-state index contributed by atoms with van der Waals surface area (Å²) in [7, 11) is 0. The SMILES string of the molecule is FC(c1ccc(Oc2ccc(C(F)C(F)(F)F)cc2)cc1)C(F)(F)F. The van der Waals surface area contributed by atoms with Crippen LogP contribution in [-0.4, -0.2) is 12.4 Å². The molecule has 9 heteroatoms. The van der Waals surface area contributed by atoms with Crippen LogP contribution in [-0.2, 0) is 0 Å². The van der Waals surface area contributed by atoms with Crippen LogP contribution in [0, 0.1) is 0 Å². The van der Waals surface area contributed by atoms with Crippen LogP contribution in [0.4, 0.5) is 35.1 Å². The van der Waals surface area contributed by atoms with Crippen molar-refractivity contribution < 1.29 is 39.9 Å². The van der Waals surface area contributed by atoms with Gasteiger partial charge in [0, 0.05) is 0 Å². The van der Waals surface area contributed by atoms with Crippen molar-refractivity contribution in [1.82, 2.24) is 0 Å². The molecule has 2 aromatic rings. The standard InChI is InChI=1S/C16H10F8O/c17-13(15(19,20)21)9-1-5-11(6-2-9)25-12-7-3-10(4-8-12)14(18)16(22,23)24/h1-8,13-14H. The van der Waals surface area contributed by atoms with Gasteiger partial charge in [0.25, 0.3) is 0 Å². The lowest BCUT2D eigenvalue weighted by atomic mass is 10.1. The molecule has 0 aliphatic rings. The van der Waals surface area contributed by atoms with Crippen LogP contribution in [0.3, 0.4) is 0 Å². The Bertz CT molecular complexity index is 627. The van der Waals surface area contributed by atoms with E-state index >= 15 is 0 Å². The molecule has 0 amide bonds. The van der Waals surface area contributed by atoms with Crippen LogP contribution in [0.2, 0.25) is 0 Å². The molecule has 0 saturated heterocycles. The number of rotatable bonds is 4. The topological polar surface area (TPSA) is 9.23 Å². The zero-order valence-corrected chi connectivity index (χ0v) is 12.2. The maximum atomic E-state index is 13.1. The molecule has 0 aliphatic heterocycles. The monoisotopic (exact) mass is 370 g/mol. The molecular formula is C16H10F8O. The molecule has 0 radical (unpaired) electrons. The molecule has 0 N–H and O–H groups in total. The minimum atomic E-state index is -5.03. The largest absolute Gasteiger partial charge is 0.457 e. The fraction of sp³-hybridized carbons (Fsp3) is 0.250. The molecule has 136 valence electrons. The van der Waals surface area contributed by atoms with E-state index < -0.39 is 35.8 Å². The van der Waals surface area contributed by atoms with Crippen LogP contribution >= 0.6 is 0 Å². The molecular weight excluding hydrogens is 360 g/mol. The smallest absolute Gasteiger partial charge is 0.423 e. The fourth-order valence-electron chi connectivity index (χ4n) is 1.92. The van der Waals surface area contributed by atoms with Crippen LogP contribution in [0.1, 0.15) is 23.5 Å². The molecule has 2 aromatic carbocycles. The number of benzene rings is 2. The Morgan fingerprint density at radius 2 is 0.840 bits per heavy atom. The molecule has 0 spiro atoms. The molecule has 0 heterocycles. The number of alkyl halides is 8. The Labute approximate surface area is 136 Å². The normalized spacial score (nSPS) is 14.9. The van der Waals surface area contributed by atoms with Gasteiger partial charge in [0.15, 0.2) is 0 Å². The number of hydrogen-bond acceptors (Lipinski definition) is 1. The molecule has 2 rings (SSSR count). The average molecular weight is 370 g/mol. The van der Waals surface area contributed by atoms with Gasteiger partial charge in [-0.05, 0) is 35.4 Å². The molecule has 0 aromatic heterocycles. The van der Waals surface area contributed by atoms with Crippen molar-refractivity contribution >= 4 is 0 Å².